The average molecular weight is 390 g/mol. The number of ether oxygens (including phenoxy) is 1. The van der Waals surface area contributed by atoms with Gasteiger partial charge in [0.1, 0.15) is 12.8 Å². The SMILES string of the molecule is N#Cc1ccc(-c2cc(CN3CCOc4nc([N+](=O)[O-])cn4CC3)ccn2)cc1. The molecule has 0 aliphatic carbocycles. The van der Waals surface area contributed by atoms with Crippen LogP contribution in [0.2, 0.25) is 0 Å². The van der Waals surface area contributed by atoms with Gasteiger partial charge in [-0.1, -0.05) is 12.1 Å². The molecule has 1 aliphatic heterocycles. The van der Waals surface area contributed by atoms with Crippen LogP contribution in [0.3, 0.4) is 0 Å². The van der Waals surface area contributed by atoms with Gasteiger partial charge in [0.25, 0.3) is 0 Å². The van der Waals surface area contributed by atoms with Crippen LogP contribution >= 0.6 is 0 Å². The van der Waals surface area contributed by atoms with Crippen molar-refractivity contribution in [3.05, 3.63) is 70.0 Å². The van der Waals surface area contributed by atoms with Gasteiger partial charge in [0.2, 0.25) is 0 Å². The Hall–Kier alpha value is -3.77. The van der Waals surface area contributed by atoms with E-state index in [2.05, 4.69) is 20.9 Å². The first kappa shape index (κ1) is 18.6. The largest absolute Gasteiger partial charge is 0.444 e. The molecule has 1 aliphatic rings. The standard InChI is InChI=1S/C20H18N6O3/c21-12-15-1-3-17(4-2-15)18-11-16(5-6-22-18)13-24-7-8-25-14-19(26(27)28)23-20(25)29-10-9-24/h1-6,11,14H,7-10,13H2. The molecule has 0 amide bonds. The summed E-state index contributed by atoms with van der Waals surface area (Å²) in [6, 6.07) is 13.8. The molecule has 0 N–H and O–H groups in total. The van der Waals surface area contributed by atoms with Gasteiger partial charge >= 0.3 is 11.8 Å². The van der Waals surface area contributed by atoms with Crippen molar-refractivity contribution in [2.45, 2.75) is 13.1 Å². The zero-order valence-corrected chi connectivity index (χ0v) is 15.6. The van der Waals surface area contributed by atoms with E-state index in [-0.39, 0.29) is 5.82 Å². The third-order valence-corrected chi connectivity index (χ3v) is 4.75. The van der Waals surface area contributed by atoms with Crippen molar-refractivity contribution in [2.24, 2.45) is 0 Å². The highest BCUT2D eigenvalue weighted by Crippen LogP contribution is 2.21. The van der Waals surface area contributed by atoms with E-state index < -0.39 is 4.92 Å². The molecule has 4 rings (SSSR count). The van der Waals surface area contributed by atoms with Gasteiger partial charge in [-0.2, -0.15) is 5.26 Å². The lowest BCUT2D eigenvalue weighted by Gasteiger charge is -2.24. The highest BCUT2D eigenvalue weighted by Gasteiger charge is 2.22. The van der Waals surface area contributed by atoms with Gasteiger partial charge in [0, 0.05) is 42.9 Å². The molecule has 29 heavy (non-hydrogen) atoms. The fraction of sp³-hybridized carbons (Fsp3) is 0.250. The van der Waals surface area contributed by atoms with Crippen molar-refractivity contribution in [3.8, 4) is 23.3 Å². The molecular weight excluding hydrogens is 372 g/mol. The maximum atomic E-state index is 10.9. The minimum absolute atomic E-state index is 0.199. The Bertz CT molecular complexity index is 1070. The monoisotopic (exact) mass is 390 g/mol. The van der Waals surface area contributed by atoms with Crippen molar-refractivity contribution < 1.29 is 9.66 Å². The zero-order chi connectivity index (χ0) is 20.2. The van der Waals surface area contributed by atoms with Gasteiger partial charge in [-0.05, 0) is 34.8 Å². The maximum Gasteiger partial charge on any atom is 0.414 e. The number of hydrogen-bond donors (Lipinski definition) is 0. The fourth-order valence-corrected chi connectivity index (χ4v) is 3.24. The number of nitro groups is 1. The van der Waals surface area contributed by atoms with Crippen LogP contribution in [0.1, 0.15) is 11.1 Å². The summed E-state index contributed by atoms with van der Waals surface area (Å²) in [5.41, 5.74) is 3.53. The van der Waals surface area contributed by atoms with Gasteiger partial charge in [-0.3, -0.25) is 14.5 Å². The number of nitriles is 1. The number of imidazole rings is 1. The Balaban J connectivity index is 1.46. The number of fused-ring (bicyclic) bond motifs is 1. The summed E-state index contributed by atoms with van der Waals surface area (Å²) in [6.45, 7) is 3.08. The van der Waals surface area contributed by atoms with Crippen molar-refractivity contribution in [1.82, 2.24) is 19.4 Å². The Kier molecular flexibility index (Phi) is 5.18. The maximum absolute atomic E-state index is 10.9. The number of rotatable bonds is 4. The van der Waals surface area contributed by atoms with Gasteiger partial charge in [0.15, 0.2) is 0 Å². The minimum Gasteiger partial charge on any atom is -0.444 e. The summed E-state index contributed by atoms with van der Waals surface area (Å²) < 4.78 is 7.29. The van der Waals surface area contributed by atoms with Crippen molar-refractivity contribution in [1.29, 1.82) is 5.26 Å². The van der Waals surface area contributed by atoms with E-state index in [1.807, 2.05) is 24.3 Å². The second-order valence-electron chi connectivity index (χ2n) is 6.70. The van der Waals surface area contributed by atoms with Crippen molar-refractivity contribution >= 4 is 5.82 Å². The second-order valence-corrected chi connectivity index (χ2v) is 6.70. The Morgan fingerprint density at radius 3 is 2.79 bits per heavy atom. The summed E-state index contributed by atoms with van der Waals surface area (Å²) in [7, 11) is 0. The predicted octanol–water partition coefficient (Wildman–Crippen LogP) is 2.62. The number of nitrogens with zero attached hydrogens (tertiary/aromatic N) is 6. The lowest BCUT2D eigenvalue weighted by molar-refractivity contribution is -0.389. The first-order valence-electron chi connectivity index (χ1n) is 9.14. The van der Waals surface area contributed by atoms with Crippen LogP contribution in [0, 0.1) is 21.4 Å². The van der Waals surface area contributed by atoms with Crippen LogP contribution in [0.5, 0.6) is 6.01 Å². The summed E-state index contributed by atoms with van der Waals surface area (Å²) in [5, 5.41) is 19.9. The zero-order valence-electron chi connectivity index (χ0n) is 15.6. The first-order chi connectivity index (χ1) is 14.1. The van der Waals surface area contributed by atoms with E-state index in [0.29, 0.717) is 37.8 Å². The number of benzene rings is 1. The van der Waals surface area contributed by atoms with Gasteiger partial charge in [-0.25, -0.2) is 0 Å². The van der Waals surface area contributed by atoms with Crippen molar-refractivity contribution in [3.63, 3.8) is 0 Å². The lowest BCUT2D eigenvalue weighted by atomic mass is 10.1. The summed E-state index contributed by atoms with van der Waals surface area (Å²) in [4.78, 5) is 21.0. The minimum atomic E-state index is -0.513. The number of hydrogen-bond acceptors (Lipinski definition) is 7. The van der Waals surface area contributed by atoms with Crippen LogP contribution in [0.25, 0.3) is 11.3 Å². The van der Waals surface area contributed by atoms with Gasteiger partial charge in [0.05, 0.1) is 17.3 Å². The Morgan fingerprint density at radius 2 is 2.03 bits per heavy atom. The van der Waals surface area contributed by atoms with E-state index in [4.69, 9.17) is 10.00 Å². The number of aromatic nitrogens is 3. The van der Waals surface area contributed by atoms with Crippen LogP contribution in [-0.4, -0.2) is 44.1 Å². The van der Waals surface area contributed by atoms with Gasteiger partial charge < -0.3 is 14.9 Å². The molecule has 3 heterocycles. The lowest BCUT2D eigenvalue weighted by Crippen LogP contribution is -2.33. The molecular formula is C20H18N6O3. The molecule has 0 atom stereocenters. The quantitative estimate of drug-likeness (QED) is 0.497. The topological polar surface area (TPSA) is 110 Å². The highest BCUT2D eigenvalue weighted by atomic mass is 16.6. The molecule has 0 bridgehead atoms. The average Bonchev–Trinajstić information content (AvgIpc) is 3.13. The summed E-state index contributed by atoms with van der Waals surface area (Å²) >= 11 is 0. The smallest absolute Gasteiger partial charge is 0.414 e. The molecule has 2 aromatic heterocycles. The molecule has 0 fully saturated rings. The first-order valence-corrected chi connectivity index (χ1v) is 9.14. The normalized spacial score (nSPS) is 14.2. The van der Waals surface area contributed by atoms with Crippen molar-refractivity contribution in [2.75, 3.05) is 19.7 Å². The number of pyridine rings is 1. The molecule has 0 saturated carbocycles. The second kappa shape index (κ2) is 8.08. The summed E-state index contributed by atoms with van der Waals surface area (Å²) in [6.07, 6.45) is 3.19. The highest BCUT2D eigenvalue weighted by molar-refractivity contribution is 5.60. The van der Waals surface area contributed by atoms with Crippen LogP contribution in [0.15, 0.2) is 48.8 Å². The molecule has 0 spiro atoms. The fourth-order valence-electron chi connectivity index (χ4n) is 3.24. The molecule has 0 radical (unpaired) electrons. The summed E-state index contributed by atoms with van der Waals surface area (Å²) in [5.74, 6) is -0.199. The van der Waals surface area contributed by atoms with E-state index in [9.17, 15) is 10.1 Å². The van der Waals surface area contributed by atoms with Crippen LogP contribution < -0.4 is 4.74 Å². The van der Waals surface area contributed by atoms with Crippen LogP contribution in [-0.2, 0) is 13.1 Å². The molecule has 146 valence electrons. The van der Waals surface area contributed by atoms with E-state index in [1.54, 1.807) is 22.9 Å². The van der Waals surface area contributed by atoms with E-state index >= 15 is 0 Å². The predicted molar refractivity (Wildman–Crippen MR) is 104 cm³/mol. The third-order valence-electron chi connectivity index (χ3n) is 4.75. The molecule has 1 aromatic carbocycles. The molecule has 3 aromatic rings. The molecule has 9 nitrogen and oxygen atoms in total. The Morgan fingerprint density at radius 1 is 1.21 bits per heavy atom. The Labute approximate surface area is 167 Å². The molecule has 0 saturated heterocycles. The molecule has 0 unspecified atom stereocenters. The van der Waals surface area contributed by atoms with E-state index in [0.717, 1.165) is 23.4 Å². The van der Waals surface area contributed by atoms with E-state index in [1.165, 1.54) is 6.20 Å². The third kappa shape index (κ3) is 4.23. The van der Waals surface area contributed by atoms with Crippen LogP contribution in [0.4, 0.5) is 5.82 Å². The van der Waals surface area contributed by atoms with Gasteiger partial charge in [-0.15, -0.1) is 0 Å². The molecule has 9 heteroatoms.